The lowest BCUT2D eigenvalue weighted by atomic mass is 10.3. The van der Waals surface area contributed by atoms with E-state index in [0.29, 0.717) is 0 Å². The Hall–Kier alpha value is -0.720. The van der Waals surface area contributed by atoms with Crippen LogP contribution >= 0.6 is 36.6 Å². The molecule has 0 spiro atoms. The molecule has 4 nitrogen and oxygen atoms in total. The number of thioether (sulfide) groups is 1. The van der Waals surface area contributed by atoms with Crippen molar-refractivity contribution in [3.63, 3.8) is 0 Å². The van der Waals surface area contributed by atoms with Crippen molar-refractivity contribution in [3.8, 4) is 0 Å². The third-order valence-electron chi connectivity index (χ3n) is 3.64. The Morgan fingerprint density at radius 1 is 1.26 bits per heavy atom. The standard InChI is InChI=1S/C16H22N4S.2ClH/c1-19(9-10-21-16-5-3-2-4-6-16)13-14-11-15-12-17-7-8-20(15)18-14;;/h2-6,11,17H,7-10,12-13H2,1H3;2*1H. The van der Waals surface area contributed by atoms with Crippen molar-refractivity contribution < 1.29 is 0 Å². The molecule has 0 atom stereocenters. The van der Waals surface area contributed by atoms with Crippen molar-refractivity contribution in [3.05, 3.63) is 47.8 Å². The summed E-state index contributed by atoms with van der Waals surface area (Å²) in [5.41, 5.74) is 2.49. The van der Waals surface area contributed by atoms with Crippen molar-refractivity contribution >= 4 is 36.6 Å². The summed E-state index contributed by atoms with van der Waals surface area (Å²) in [4.78, 5) is 3.69. The Bertz CT molecular complexity index is 553. The lowest BCUT2D eigenvalue weighted by Gasteiger charge is -2.15. The van der Waals surface area contributed by atoms with E-state index in [1.807, 2.05) is 11.8 Å². The van der Waals surface area contributed by atoms with Gasteiger partial charge >= 0.3 is 0 Å². The van der Waals surface area contributed by atoms with Crippen LogP contribution in [0.3, 0.4) is 0 Å². The highest BCUT2D eigenvalue weighted by Gasteiger charge is 2.12. The molecule has 0 saturated carbocycles. The molecule has 128 valence electrons. The molecule has 7 heteroatoms. The highest BCUT2D eigenvalue weighted by molar-refractivity contribution is 7.99. The topological polar surface area (TPSA) is 33.1 Å². The first-order chi connectivity index (χ1) is 10.3. The molecule has 0 aliphatic carbocycles. The van der Waals surface area contributed by atoms with E-state index in [2.05, 4.69) is 63.4 Å². The van der Waals surface area contributed by atoms with Crippen LogP contribution in [0.2, 0.25) is 0 Å². The third kappa shape index (κ3) is 6.01. The summed E-state index contributed by atoms with van der Waals surface area (Å²) in [6, 6.07) is 12.8. The Balaban J connectivity index is 0.00000132. The number of fused-ring (bicyclic) bond motifs is 1. The van der Waals surface area contributed by atoms with E-state index in [0.717, 1.165) is 38.5 Å². The lowest BCUT2D eigenvalue weighted by molar-refractivity contribution is 0.341. The number of nitrogens with one attached hydrogen (secondary N) is 1. The van der Waals surface area contributed by atoms with Crippen LogP contribution in [0.5, 0.6) is 0 Å². The average Bonchev–Trinajstić information content (AvgIpc) is 2.90. The first-order valence-electron chi connectivity index (χ1n) is 7.44. The van der Waals surface area contributed by atoms with Gasteiger partial charge in [-0.2, -0.15) is 5.10 Å². The molecule has 0 fully saturated rings. The molecule has 1 N–H and O–H groups in total. The summed E-state index contributed by atoms with van der Waals surface area (Å²) in [6.45, 7) is 4.95. The molecule has 0 unspecified atom stereocenters. The van der Waals surface area contributed by atoms with Gasteiger partial charge in [0.1, 0.15) is 0 Å². The number of nitrogens with zero attached hydrogens (tertiary/aromatic N) is 3. The second-order valence-electron chi connectivity index (χ2n) is 5.43. The minimum absolute atomic E-state index is 0. The van der Waals surface area contributed by atoms with Gasteiger partial charge in [-0.25, -0.2) is 0 Å². The van der Waals surface area contributed by atoms with Gasteiger partial charge in [-0.15, -0.1) is 36.6 Å². The van der Waals surface area contributed by atoms with E-state index in [1.54, 1.807) is 0 Å². The second-order valence-corrected chi connectivity index (χ2v) is 6.59. The van der Waals surface area contributed by atoms with Crippen molar-refractivity contribution in [1.82, 2.24) is 20.0 Å². The van der Waals surface area contributed by atoms with E-state index in [9.17, 15) is 0 Å². The molecule has 0 bridgehead atoms. The molecule has 0 radical (unpaired) electrons. The van der Waals surface area contributed by atoms with E-state index >= 15 is 0 Å². The minimum Gasteiger partial charge on any atom is -0.309 e. The minimum atomic E-state index is 0. The highest BCUT2D eigenvalue weighted by atomic mass is 35.5. The number of rotatable bonds is 6. The Kier molecular flexibility index (Phi) is 9.02. The lowest BCUT2D eigenvalue weighted by Crippen LogP contribution is -2.28. The van der Waals surface area contributed by atoms with E-state index < -0.39 is 0 Å². The van der Waals surface area contributed by atoms with Crippen molar-refractivity contribution in [2.45, 2.75) is 24.5 Å². The number of halogens is 2. The van der Waals surface area contributed by atoms with Gasteiger partial charge < -0.3 is 5.32 Å². The summed E-state index contributed by atoms with van der Waals surface area (Å²) >= 11 is 1.91. The maximum atomic E-state index is 4.69. The fourth-order valence-electron chi connectivity index (χ4n) is 2.52. The molecule has 2 heterocycles. The molecule has 2 aromatic rings. The second kappa shape index (κ2) is 10.2. The van der Waals surface area contributed by atoms with Gasteiger partial charge in [-0.3, -0.25) is 9.58 Å². The number of hydrogen-bond acceptors (Lipinski definition) is 4. The van der Waals surface area contributed by atoms with Gasteiger partial charge in [-0.1, -0.05) is 18.2 Å². The van der Waals surface area contributed by atoms with Gasteiger partial charge in [0.05, 0.1) is 17.9 Å². The number of aromatic nitrogens is 2. The molecule has 1 aromatic carbocycles. The van der Waals surface area contributed by atoms with Crippen LogP contribution in [0, 0.1) is 0 Å². The quantitative estimate of drug-likeness (QED) is 0.787. The summed E-state index contributed by atoms with van der Waals surface area (Å²) in [6.07, 6.45) is 0. The van der Waals surface area contributed by atoms with Crippen LogP contribution < -0.4 is 5.32 Å². The third-order valence-corrected chi connectivity index (χ3v) is 4.63. The Morgan fingerprint density at radius 2 is 2.04 bits per heavy atom. The Labute approximate surface area is 154 Å². The number of benzene rings is 1. The molecule has 1 aliphatic rings. The maximum Gasteiger partial charge on any atom is 0.0768 e. The van der Waals surface area contributed by atoms with E-state index in [-0.39, 0.29) is 24.8 Å². The van der Waals surface area contributed by atoms with Gasteiger partial charge in [0, 0.05) is 36.8 Å². The van der Waals surface area contributed by atoms with Gasteiger partial charge in [0.2, 0.25) is 0 Å². The van der Waals surface area contributed by atoms with Crippen molar-refractivity contribution in [1.29, 1.82) is 0 Å². The zero-order chi connectivity index (χ0) is 14.5. The van der Waals surface area contributed by atoms with Crippen LogP contribution in [0.4, 0.5) is 0 Å². The predicted molar refractivity (Wildman–Crippen MR) is 102 cm³/mol. The summed E-state index contributed by atoms with van der Waals surface area (Å²) < 4.78 is 2.14. The van der Waals surface area contributed by atoms with Gasteiger partial charge in [0.15, 0.2) is 0 Å². The average molecular weight is 375 g/mol. The largest absolute Gasteiger partial charge is 0.309 e. The van der Waals surface area contributed by atoms with Crippen LogP contribution in [0.25, 0.3) is 0 Å². The molecule has 23 heavy (non-hydrogen) atoms. The monoisotopic (exact) mass is 374 g/mol. The number of hydrogen-bond donors (Lipinski definition) is 1. The predicted octanol–water partition coefficient (Wildman–Crippen LogP) is 3.05. The van der Waals surface area contributed by atoms with E-state index in [4.69, 9.17) is 0 Å². The fraction of sp³-hybridized carbons (Fsp3) is 0.438. The summed E-state index contributed by atoms with van der Waals surface area (Å²) in [5.74, 6) is 1.11. The molecule has 1 aliphatic heterocycles. The first kappa shape index (κ1) is 20.3. The first-order valence-corrected chi connectivity index (χ1v) is 8.42. The van der Waals surface area contributed by atoms with Gasteiger partial charge in [0.25, 0.3) is 0 Å². The van der Waals surface area contributed by atoms with Crippen LogP contribution in [-0.4, -0.2) is 40.6 Å². The molecule has 3 rings (SSSR count). The van der Waals surface area contributed by atoms with Crippen LogP contribution in [0.15, 0.2) is 41.3 Å². The maximum absolute atomic E-state index is 4.69. The highest BCUT2D eigenvalue weighted by Crippen LogP contribution is 2.17. The summed E-state index contributed by atoms with van der Waals surface area (Å²) in [5, 5.41) is 8.07. The molecule has 0 amide bonds. The molecule has 0 saturated heterocycles. The molecular formula is C16H24Cl2N4S. The normalized spacial score (nSPS) is 13.1. The van der Waals surface area contributed by atoms with E-state index in [1.165, 1.54) is 16.3 Å². The van der Waals surface area contributed by atoms with Gasteiger partial charge in [-0.05, 0) is 25.2 Å². The fourth-order valence-corrected chi connectivity index (χ4v) is 3.51. The molecular weight excluding hydrogens is 351 g/mol. The summed E-state index contributed by atoms with van der Waals surface area (Å²) in [7, 11) is 2.17. The zero-order valence-electron chi connectivity index (χ0n) is 13.3. The zero-order valence-corrected chi connectivity index (χ0v) is 15.7. The Morgan fingerprint density at radius 3 is 2.78 bits per heavy atom. The van der Waals surface area contributed by atoms with Crippen LogP contribution in [-0.2, 0) is 19.6 Å². The smallest absolute Gasteiger partial charge is 0.0768 e. The molecule has 1 aromatic heterocycles. The van der Waals surface area contributed by atoms with Crippen molar-refractivity contribution in [2.24, 2.45) is 0 Å². The SMILES string of the molecule is CN(CCSc1ccccc1)Cc1cc2n(n1)CCNC2.Cl.Cl. The van der Waals surface area contributed by atoms with Crippen molar-refractivity contribution in [2.75, 3.05) is 25.9 Å². The van der Waals surface area contributed by atoms with Crippen LogP contribution in [0.1, 0.15) is 11.4 Å².